The molecule has 0 fully saturated rings. The van der Waals surface area contributed by atoms with Gasteiger partial charge in [-0.3, -0.25) is 9.59 Å². The van der Waals surface area contributed by atoms with E-state index in [1.54, 1.807) is 13.8 Å². The minimum absolute atomic E-state index is 0.111. The molecule has 27 heavy (non-hydrogen) atoms. The van der Waals surface area contributed by atoms with Crippen molar-refractivity contribution in [3.05, 3.63) is 40.2 Å². The highest BCUT2D eigenvalue weighted by molar-refractivity contribution is 8.03. The van der Waals surface area contributed by atoms with Gasteiger partial charge < -0.3 is 10.6 Å². The smallest absolute Gasteiger partial charge is 0.243 e. The van der Waals surface area contributed by atoms with E-state index in [0.29, 0.717) is 6.07 Å². The van der Waals surface area contributed by atoms with Gasteiger partial charge in [-0.25, -0.2) is 13.2 Å². The van der Waals surface area contributed by atoms with Crippen LogP contribution in [0, 0.1) is 51.4 Å². The van der Waals surface area contributed by atoms with Crippen molar-refractivity contribution in [2.24, 2.45) is 11.3 Å². The number of hydrogen-bond acceptors (Lipinski definition) is 5. The summed E-state index contributed by atoms with van der Waals surface area (Å²) in [4.78, 5) is 24.0. The molecule has 0 unspecified atom stereocenters. The number of nitriles is 2. The van der Waals surface area contributed by atoms with Crippen LogP contribution in [0.25, 0.3) is 0 Å². The number of nitrogens with zero attached hydrogens (tertiary/aromatic N) is 2. The number of carbonyl (C=O) groups excluding carboxylic acids is 2. The zero-order valence-corrected chi connectivity index (χ0v) is 15.0. The zero-order chi connectivity index (χ0) is 20.4. The van der Waals surface area contributed by atoms with Gasteiger partial charge in [0.2, 0.25) is 11.8 Å². The predicted octanol–water partition coefficient (Wildman–Crippen LogP) is 2.81. The Morgan fingerprint density at radius 1 is 1.30 bits per heavy atom. The molecular formula is C17H13F3N4O2S. The monoisotopic (exact) mass is 394 g/mol. The molecule has 2 amide bonds. The first-order valence-corrected chi connectivity index (χ1v) is 8.53. The molecule has 1 heterocycles. The standard InChI is InChI=1S/C17H13F3N4O2S/c1-17(2)8(5-21)15(26)24-16(9(17)6-22)27-7-12(25)23-11-4-3-10(18)13(19)14(11)20/h3-4,8H,7H2,1-2H3,(H,23,25)(H,24,26)/t8-/m0/s1. The number of carbonyl (C=O) groups is 2. The van der Waals surface area contributed by atoms with E-state index in [0.717, 1.165) is 17.8 Å². The zero-order valence-electron chi connectivity index (χ0n) is 14.2. The summed E-state index contributed by atoms with van der Waals surface area (Å²) in [6.45, 7) is 3.13. The first kappa shape index (κ1) is 20.3. The Balaban J connectivity index is 2.16. The third-order valence-corrected chi connectivity index (χ3v) is 4.99. The Morgan fingerprint density at radius 2 is 1.96 bits per heavy atom. The van der Waals surface area contributed by atoms with Crippen molar-refractivity contribution in [2.75, 3.05) is 11.1 Å². The van der Waals surface area contributed by atoms with Crippen LogP contribution < -0.4 is 10.6 Å². The lowest BCUT2D eigenvalue weighted by Crippen LogP contribution is -2.44. The lowest BCUT2D eigenvalue weighted by molar-refractivity contribution is -0.125. The fourth-order valence-electron chi connectivity index (χ4n) is 2.48. The van der Waals surface area contributed by atoms with E-state index < -0.39 is 46.3 Å². The van der Waals surface area contributed by atoms with Crippen molar-refractivity contribution in [2.45, 2.75) is 13.8 Å². The molecule has 0 saturated carbocycles. The van der Waals surface area contributed by atoms with Crippen molar-refractivity contribution in [3.63, 3.8) is 0 Å². The van der Waals surface area contributed by atoms with Gasteiger partial charge in [0.1, 0.15) is 5.92 Å². The molecule has 10 heteroatoms. The topological polar surface area (TPSA) is 106 Å². The molecule has 140 valence electrons. The average Bonchev–Trinajstić information content (AvgIpc) is 2.60. The van der Waals surface area contributed by atoms with E-state index in [1.807, 2.05) is 12.1 Å². The van der Waals surface area contributed by atoms with Gasteiger partial charge in [-0.2, -0.15) is 10.5 Å². The minimum atomic E-state index is -1.71. The third-order valence-electron chi connectivity index (χ3n) is 3.99. The first-order valence-electron chi connectivity index (χ1n) is 7.55. The van der Waals surface area contributed by atoms with Gasteiger partial charge in [0.25, 0.3) is 0 Å². The lowest BCUT2D eigenvalue weighted by atomic mass is 9.72. The summed E-state index contributed by atoms with van der Waals surface area (Å²) in [7, 11) is 0. The van der Waals surface area contributed by atoms with Gasteiger partial charge in [0.05, 0.1) is 34.2 Å². The largest absolute Gasteiger partial charge is 0.323 e. The van der Waals surface area contributed by atoms with Crippen LogP contribution in [0.2, 0.25) is 0 Å². The molecule has 6 nitrogen and oxygen atoms in total. The maximum Gasteiger partial charge on any atom is 0.243 e. The van der Waals surface area contributed by atoms with Crippen LogP contribution in [-0.2, 0) is 9.59 Å². The Hall–Kier alpha value is -2.98. The molecule has 0 spiro atoms. The highest BCUT2D eigenvalue weighted by atomic mass is 32.2. The SMILES string of the molecule is CC1(C)C(C#N)=C(SCC(=O)Nc2ccc(F)c(F)c2F)NC(=O)[C@@H]1C#N. The molecule has 0 bridgehead atoms. The van der Waals surface area contributed by atoms with E-state index >= 15 is 0 Å². The number of thioether (sulfide) groups is 1. The molecule has 1 atom stereocenters. The van der Waals surface area contributed by atoms with E-state index in [4.69, 9.17) is 5.26 Å². The number of benzene rings is 1. The Kier molecular flexibility index (Phi) is 5.82. The average molecular weight is 394 g/mol. The van der Waals surface area contributed by atoms with E-state index in [1.165, 1.54) is 0 Å². The molecule has 2 rings (SSSR count). The van der Waals surface area contributed by atoms with Gasteiger partial charge >= 0.3 is 0 Å². The van der Waals surface area contributed by atoms with Crippen LogP contribution in [0.15, 0.2) is 22.7 Å². The molecule has 0 aromatic heterocycles. The number of allylic oxidation sites excluding steroid dienone is 1. The molecule has 1 aliphatic heterocycles. The summed E-state index contributed by atoms with van der Waals surface area (Å²) in [6, 6.07) is 5.33. The normalized spacial score (nSPS) is 18.3. The van der Waals surface area contributed by atoms with Crippen molar-refractivity contribution in [3.8, 4) is 12.1 Å². The molecule has 1 aromatic carbocycles. The minimum Gasteiger partial charge on any atom is -0.323 e. The Morgan fingerprint density at radius 3 is 2.56 bits per heavy atom. The summed E-state index contributed by atoms with van der Waals surface area (Å²) in [5, 5.41) is 23.1. The second-order valence-electron chi connectivity index (χ2n) is 6.15. The summed E-state index contributed by atoms with van der Waals surface area (Å²) >= 11 is 0.803. The van der Waals surface area contributed by atoms with Crippen LogP contribution in [0.1, 0.15) is 13.8 Å². The molecule has 2 N–H and O–H groups in total. The molecule has 0 aliphatic carbocycles. The van der Waals surface area contributed by atoms with Gasteiger partial charge in [-0.1, -0.05) is 25.6 Å². The van der Waals surface area contributed by atoms with Crippen molar-refractivity contribution >= 4 is 29.3 Å². The van der Waals surface area contributed by atoms with Gasteiger partial charge in [-0.15, -0.1) is 0 Å². The quantitative estimate of drug-likeness (QED) is 0.764. The molecule has 1 aromatic rings. The summed E-state index contributed by atoms with van der Waals surface area (Å²) in [5.41, 5.74) is -1.46. The third kappa shape index (κ3) is 3.91. The number of amides is 2. The van der Waals surface area contributed by atoms with Crippen molar-refractivity contribution in [1.29, 1.82) is 10.5 Å². The Bertz CT molecular complexity index is 931. The molecular weight excluding hydrogens is 381 g/mol. The maximum atomic E-state index is 13.6. The number of anilines is 1. The second kappa shape index (κ2) is 7.72. The van der Waals surface area contributed by atoms with E-state index in [2.05, 4.69) is 10.6 Å². The van der Waals surface area contributed by atoms with E-state index in [-0.39, 0.29) is 16.4 Å². The highest BCUT2D eigenvalue weighted by Gasteiger charge is 2.44. The van der Waals surface area contributed by atoms with Crippen molar-refractivity contribution < 1.29 is 22.8 Å². The van der Waals surface area contributed by atoms with Gasteiger partial charge in [0, 0.05) is 5.41 Å². The van der Waals surface area contributed by atoms with Crippen LogP contribution in [0.3, 0.4) is 0 Å². The fraction of sp³-hybridized carbons (Fsp3) is 0.294. The van der Waals surface area contributed by atoms with Gasteiger partial charge in [0.15, 0.2) is 17.5 Å². The maximum absolute atomic E-state index is 13.6. The molecule has 0 radical (unpaired) electrons. The number of hydrogen-bond donors (Lipinski definition) is 2. The van der Waals surface area contributed by atoms with Crippen LogP contribution in [-0.4, -0.2) is 17.6 Å². The lowest BCUT2D eigenvalue weighted by Gasteiger charge is -2.34. The Labute approximate surface area is 157 Å². The molecule has 1 aliphatic rings. The number of halogens is 3. The summed E-state index contributed by atoms with van der Waals surface area (Å²) in [6.07, 6.45) is 0. The van der Waals surface area contributed by atoms with E-state index in [9.17, 15) is 28.0 Å². The number of rotatable bonds is 4. The second-order valence-corrected chi connectivity index (χ2v) is 7.13. The van der Waals surface area contributed by atoms with Crippen LogP contribution in [0.4, 0.5) is 18.9 Å². The molecule has 0 saturated heterocycles. The summed E-state index contributed by atoms with van der Waals surface area (Å²) in [5.74, 6) is -7.40. The first-order chi connectivity index (χ1) is 12.6. The highest BCUT2D eigenvalue weighted by Crippen LogP contribution is 2.41. The van der Waals surface area contributed by atoms with Crippen LogP contribution in [0.5, 0.6) is 0 Å². The van der Waals surface area contributed by atoms with Crippen molar-refractivity contribution in [1.82, 2.24) is 5.32 Å². The van der Waals surface area contributed by atoms with Crippen LogP contribution >= 0.6 is 11.8 Å². The predicted molar refractivity (Wildman–Crippen MR) is 91.1 cm³/mol. The summed E-state index contributed by atoms with van der Waals surface area (Å²) < 4.78 is 39.7. The van der Waals surface area contributed by atoms with Gasteiger partial charge in [-0.05, 0) is 12.1 Å². The number of nitrogens with one attached hydrogen (secondary N) is 2. The fourth-order valence-corrected chi connectivity index (χ4v) is 3.45.